The van der Waals surface area contributed by atoms with Crippen molar-refractivity contribution in [2.75, 3.05) is 26.4 Å². The highest BCUT2D eigenvalue weighted by Gasteiger charge is 2.22. The van der Waals surface area contributed by atoms with E-state index in [0.29, 0.717) is 18.3 Å². The van der Waals surface area contributed by atoms with E-state index in [1.807, 2.05) is 14.1 Å². The van der Waals surface area contributed by atoms with Gasteiger partial charge in [-0.3, -0.25) is 0 Å². The van der Waals surface area contributed by atoms with E-state index >= 15 is 0 Å². The molecule has 0 unspecified atom stereocenters. The number of nitrogens with two attached hydrogens (primary N) is 1. The minimum Gasteiger partial charge on any atom is -0.473 e. The highest BCUT2D eigenvalue weighted by Crippen LogP contribution is 2.17. The summed E-state index contributed by atoms with van der Waals surface area (Å²) in [5.41, 5.74) is 5.55. The molecule has 0 radical (unpaired) electrons. The first kappa shape index (κ1) is 11.7. The molecule has 2 N–H and O–H groups in total. The Bertz CT molecular complexity index is 325. The topological polar surface area (TPSA) is 64.3 Å². The van der Waals surface area contributed by atoms with Crippen molar-refractivity contribution in [1.29, 1.82) is 0 Å². The van der Waals surface area contributed by atoms with Gasteiger partial charge >= 0.3 is 0 Å². The van der Waals surface area contributed by atoms with Gasteiger partial charge in [0.1, 0.15) is 6.61 Å². The molecule has 0 atom stereocenters. The monoisotopic (exact) mass is 210 g/mol. The third-order valence-electron chi connectivity index (χ3n) is 2.46. The number of nitrogen functional groups attached to an aromatic ring is 1. The van der Waals surface area contributed by atoms with E-state index in [1.54, 1.807) is 12.4 Å². The Morgan fingerprint density at radius 1 is 1.33 bits per heavy atom. The second-order valence-electron chi connectivity index (χ2n) is 4.24. The van der Waals surface area contributed by atoms with Gasteiger partial charge in [-0.05, 0) is 27.9 Å². The first-order valence-corrected chi connectivity index (χ1v) is 4.80. The van der Waals surface area contributed by atoms with E-state index in [0.717, 1.165) is 0 Å². The van der Waals surface area contributed by atoms with Crippen LogP contribution in [0.5, 0.6) is 5.88 Å². The summed E-state index contributed by atoms with van der Waals surface area (Å²) in [6.07, 6.45) is 3.10. The molecule has 1 rings (SSSR count). The predicted molar refractivity (Wildman–Crippen MR) is 59.7 cm³/mol. The molecule has 84 valence electrons. The molecule has 0 aliphatic carbocycles. The predicted octanol–water partition coefficient (Wildman–Crippen LogP) is 0.778. The fraction of sp³-hybridized carbons (Fsp3) is 0.600. The van der Waals surface area contributed by atoms with Crippen molar-refractivity contribution in [3.8, 4) is 5.88 Å². The molecular formula is C10H18N4O. The Morgan fingerprint density at radius 2 is 1.93 bits per heavy atom. The standard InChI is InChI=1S/C10H18N4O/c1-10(2,14(3)4)7-15-9-8(11)12-5-6-13-9/h5-6H,7H2,1-4H3,(H2,11,12). The number of hydrogen-bond donors (Lipinski definition) is 1. The van der Waals surface area contributed by atoms with Crippen LogP contribution in [-0.2, 0) is 0 Å². The van der Waals surface area contributed by atoms with E-state index in [-0.39, 0.29) is 5.54 Å². The summed E-state index contributed by atoms with van der Waals surface area (Å²) in [6.45, 7) is 4.68. The first-order valence-electron chi connectivity index (χ1n) is 4.80. The van der Waals surface area contributed by atoms with Gasteiger partial charge in [0.15, 0.2) is 5.82 Å². The molecule has 0 bridgehead atoms. The Labute approximate surface area is 90.3 Å². The van der Waals surface area contributed by atoms with Crippen LogP contribution in [-0.4, -0.2) is 41.1 Å². The Hall–Kier alpha value is -1.36. The van der Waals surface area contributed by atoms with Gasteiger partial charge in [-0.1, -0.05) is 0 Å². The molecule has 15 heavy (non-hydrogen) atoms. The SMILES string of the molecule is CN(C)C(C)(C)COc1nccnc1N. The molecule has 5 nitrogen and oxygen atoms in total. The lowest BCUT2D eigenvalue weighted by molar-refractivity contribution is 0.111. The summed E-state index contributed by atoms with van der Waals surface area (Å²) in [5, 5.41) is 0. The van der Waals surface area contributed by atoms with Gasteiger partial charge in [-0.25, -0.2) is 9.97 Å². The summed E-state index contributed by atoms with van der Waals surface area (Å²) < 4.78 is 5.52. The van der Waals surface area contributed by atoms with Gasteiger partial charge < -0.3 is 15.4 Å². The van der Waals surface area contributed by atoms with E-state index in [4.69, 9.17) is 10.5 Å². The third kappa shape index (κ3) is 3.06. The Morgan fingerprint density at radius 3 is 2.47 bits per heavy atom. The molecule has 1 aromatic rings. The number of likely N-dealkylation sites (N-methyl/N-ethyl adjacent to an activating group) is 1. The van der Waals surface area contributed by atoms with Crippen LogP contribution in [0.1, 0.15) is 13.8 Å². The van der Waals surface area contributed by atoms with Crippen LogP contribution >= 0.6 is 0 Å². The molecule has 1 aromatic heterocycles. The summed E-state index contributed by atoms with van der Waals surface area (Å²) in [6, 6.07) is 0. The average molecular weight is 210 g/mol. The molecule has 0 aromatic carbocycles. The number of hydrogen-bond acceptors (Lipinski definition) is 5. The zero-order valence-corrected chi connectivity index (χ0v) is 9.69. The van der Waals surface area contributed by atoms with Crippen molar-refractivity contribution in [2.24, 2.45) is 0 Å². The van der Waals surface area contributed by atoms with Crippen LogP contribution in [0.25, 0.3) is 0 Å². The maximum absolute atomic E-state index is 5.61. The maximum Gasteiger partial charge on any atom is 0.257 e. The minimum atomic E-state index is -0.0655. The van der Waals surface area contributed by atoms with Crippen molar-refractivity contribution in [2.45, 2.75) is 19.4 Å². The second kappa shape index (κ2) is 4.44. The molecule has 0 spiro atoms. The van der Waals surface area contributed by atoms with Crippen molar-refractivity contribution < 1.29 is 4.74 Å². The van der Waals surface area contributed by atoms with E-state index in [1.165, 1.54) is 0 Å². The lowest BCUT2D eigenvalue weighted by Gasteiger charge is -2.31. The number of ether oxygens (including phenoxy) is 1. The van der Waals surface area contributed by atoms with Gasteiger partial charge in [-0.2, -0.15) is 0 Å². The number of rotatable bonds is 4. The van der Waals surface area contributed by atoms with Crippen LogP contribution in [0.15, 0.2) is 12.4 Å². The van der Waals surface area contributed by atoms with Crippen molar-refractivity contribution >= 4 is 5.82 Å². The smallest absolute Gasteiger partial charge is 0.257 e. The van der Waals surface area contributed by atoms with Crippen LogP contribution in [0.4, 0.5) is 5.82 Å². The number of aromatic nitrogens is 2. The van der Waals surface area contributed by atoms with E-state index in [2.05, 4.69) is 28.7 Å². The van der Waals surface area contributed by atoms with Crippen LogP contribution in [0, 0.1) is 0 Å². The Kier molecular flexibility index (Phi) is 3.47. The van der Waals surface area contributed by atoms with Gasteiger partial charge in [-0.15, -0.1) is 0 Å². The van der Waals surface area contributed by atoms with Crippen molar-refractivity contribution in [3.63, 3.8) is 0 Å². The third-order valence-corrected chi connectivity index (χ3v) is 2.46. The zero-order chi connectivity index (χ0) is 11.5. The second-order valence-corrected chi connectivity index (χ2v) is 4.24. The lowest BCUT2D eigenvalue weighted by Crippen LogP contribution is -2.43. The van der Waals surface area contributed by atoms with Crippen molar-refractivity contribution in [1.82, 2.24) is 14.9 Å². The lowest BCUT2D eigenvalue weighted by atomic mass is 10.1. The average Bonchev–Trinajstić information content (AvgIpc) is 2.16. The highest BCUT2D eigenvalue weighted by molar-refractivity contribution is 5.38. The molecule has 0 amide bonds. The van der Waals surface area contributed by atoms with E-state index < -0.39 is 0 Å². The van der Waals surface area contributed by atoms with Crippen LogP contribution in [0.3, 0.4) is 0 Å². The number of anilines is 1. The molecule has 0 saturated carbocycles. The zero-order valence-electron chi connectivity index (χ0n) is 9.69. The molecule has 5 heteroatoms. The minimum absolute atomic E-state index is 0.0655. The maximum atomic E-state index is 5.61. The normalized spacial score (nSPS) is 11.8. The molecule has 0 fully saturated rings. The Balaban J connectivity index is 2.62. The highest BCUT2D eigenvalue weighted by atomic mass is 16.5. The summed E-state index contributed by atoms with van der Waals surface area (Å²) in [7, 11) is 4.01. The summed E-state index contributed by atoms with van der Waals surface area (Å²) >= 11 is 0. The quantitative estimate of drug-likeness (QED) is 0.795. The molecule has 0 saturated heterocycles. The molecular weight excluding hydrogens is 192 g/mol. The van der Waals surface area contributed by atoms with Gasteiger partial charge in [0.25, 0.3) is 5.88 Å². The molecule has 1 heterocycles. The van der Waals surface area contributed by atoms with Crippen LogP contribution < -0.4 is 10.5 Å². The fourth-order valence-electron chi connectivity index (χ4n) is 0.821. The van der Waals surface area contributed by atoms with Crippen LogP contribution in [0.2, 0.25) is 0 Å². The van der Waals surface area contributed by atoms with E-state index in [9.17, 15) is 0 Å². The summed E-state index contributed by atoms with van der Waals surface area (Å²) in [4.78, 5) is 10.00. The van der Waals surface area contributed by atoms with Gasteiger partial charge in [0.2, 0.25) is 0 Å². The number of nitrogens with zero attached hydrogens (tertiary/aromatic N) is 3. The largest absolute Gasteiger partial charge is 0.473 e. The summed E-state index contributed by atoms with van der Waals surface area (Å²) in [5.74, 6) is 0.722. The molecule has 0 aliphatic heterocycles. The van der Waals surface area contributed by atoms with Crippen molar-refractivity contribution in [3.05, 3.63) is 12.4 Å². The molecule has 0 aliphatic rings. The fourth-order valence-corrected chi connectivity index (χ4v) is 0.821. The van der Waals surface area contributed by atoms with Gasteiger partial charge in [0, 0.05) is 17.9 Å². The first-order chi connectivity index (χ1) is 6.93. The van der Waals surface area contributed by atoms with Gasteiger partial charge in [0.05, 0.1) is 0 Å².